The molecule has 1 aromatic heterocycles. The van der Waals surface area contributed by atoms with Crippen LogP contribution < -0.4 is 15.6 Å². The van der Waals surface area contributed by atoms with Crippen LogP contribution in [0.4, 0.5) is 4.39 Å². The van der Waals surface area contributed by atoms with Gasteiger partial charge in [0.25, 0.3) is 11.8 Å². The third kappa shape index (κ3) is 4.72. The number of amides is 2. The molecular formula is C21H21FN2O4S. The van der Waals surface area contributed by atoms with Gasteiger partial charge in [-0.15, -0.1) is 11.3 Å². The summed E-state index contributed by atoms with van der Waals surface area (Å²) in [5.41, 5.74) is 5.58. The third-order valence-electron chi connectivity index (χ3n) is 4.04. The van der Waals surface area contributed by atoms with Crippen molar-refractivity contribution in [1.29, 1.82) is 0 Å². The summed E-state index contributed by atoms with van der Waals surface area (Å²) in [7, 11) is 1.47. The van der Waals surface area contributed by atoms with Gasteiger partial charge >= 0.3 is 0 Å². The maximum atomic E-state index is 14.2. The lowest BCUT2D eigenvalue weighted by atomic mass is 10.1. The molecule has 0 spiro atoms. The number of hydrogen-bond donors (Lipinski definition) is 2. The summed E-state index contributed by atoms with van der Waals surface area (Å²) in [5, 5.41) is 0.358. The van der Waals surface area contributed by atoms with E-state index in [1.54, 1.807) is 36.4 Å². The van der Waals surface area contributed by atoms with Crippen LogP contribution >= 0.6 is 11.3 Å². The lowest BCUT2D eigenvalue weighted by Crippen LogP contribution is -2.41. The van der Waals surface area contributed by atoms with E-state index in [2.05, 4.69) is 10.9 Å². The quantitative estimate of drug-likeness (QED) is 0.595. The zero-order chi connectivity index (χ0) is 21.0. The van der Waals surface area contributed by atoms with Crippen LogP contribution in [0.1, 0.15) is 39.4 Å². The number of hydrazine groups is 1. The van der Waals surface area contributed by atoms with Gasteiger partial charge in [-0.2, -0.15) is 0 Å². The molecule has 2 amide bonds. The van der Waals surface area contributed by atoms with Crippen molar-refractivity contribution in [2.24, 2.45) is 0 Å². The monoisotopic (exact) mass is 416 g/mol. The topological polar surface area (TPSA) is 76.7 Å². The van der Waals surface area contributed by atoms with Gasteiger partial charge in [0.15, 0.2) is 0 Å². The van der Waals surface area contributed by atoms with E-state index in [4.69, 9.17) is 9.47 Å². The average Bonchev–Trinajstić information content (AvgIpc) is 3.06. The second kappa shape index (κ2) is 9.02. The van der Waals surface area contributed by atoms with Gasteiger partial charge < -0.3 is 9.47 Å². The molecule has 3 aromatic rings. The Kier molecular flexibility index (Phi) is 6.46. The molecule has 0 atom stereocenters. The molecule has 0 radical (unpaired) electrons. The second-order valence-corrected chi connectivity index (χ2v) is 7.61. The van der Waals surface area contributed by atoms with Gasteiger partial charge in [-0.1, -0.05) is 6.07 Å². The van der Waals surface area contributed by atoms with Crippen LogP contribution in [0.2, 0.25) is 0 Å². The molecule has 0 aliphatic heterocycles. The minimum absolute atomic E-state index is 0.0291. The van der Waals surface area contributed by atoms with E-state index in [1.165, 1.54) is 13.2 Å². The molecule has 0 saturated heterocycles. The summed E-state index contributed by atoms with van der Waals surface area (Å²) in [5.74, 6) is -0.782. The first-order chi connectivity index (χ1) is 13.9. The number of methoxy groups -OCH3 is 1. The van der Waals surface area contributed by atoms with Gasteiger partial charge in [-0.25, -0.2) is 4.39 Å². The molecule has 1 heterocycles. The van der Waals surface area contributed by atoms with Gasteiger partial charge in [-0.3, -0.25) is 20.4 Å². The Morgan fingerprint density at radius 1 is 1.07 bits per heavy atom. The third-order valence-corrected chi connectivity index (χ3v) is 5.23. The average molecular weight is 416 g/mol. The predicted octanol–water partition coefficient (Wildman–Crippen LogP) is 4.05. The van der Waals surface area contributed by atoms with Crippen LogP contribution in [0, 0.1) is 5.82 Å². The maximum Gasteiger partial charge on any atom is 0.280 e. The fourth-order valence-electron chi connectivity index (χ4n) is 2.83. The Labute approximate surface area is 171 Å². The molecule has 8 heteroatoms. The molecule has 0 unspecified atom stereocenters. The zero-order valence-corrected chi connectivity index (χ0v) is 17.1. The van der Waals surface area contributed by atoms with Crippen LogP contribution in [-0.2, 0) is 11.3 Å². The van der Waals surface area contributed by atoms with Crippen molar-refractivity contribution in [3.05, 3.63) is 64.3 Å². The lowest BCUT2D eigenvalue weighted by molar-refractivity contribution is 0.0847. The van der Waals surface area contributed by atoms with Crippen LogP contribution in [0.25, 0.3) is 10.1 Å². The number of fused-ring (bicyclic) bond motifs is 1. The van der Waals surface area contributed by atoms with Crippen molar-refractivity contribution < 1.29 is 23.5 Å². The zero-order valence-electron chi connectivity index (χ0n) is 16.2. The normalized spacial score (nSPS) is 10.9. The summed E-state index contributed by atoms with van der Waals surface area (Å²) in [4.78, 5) is 25.2. The van der Waals surface area contributed by atoms with E-state index in [0.717, 1.165) is 11.3 Å². The molecule has 0 saturated carbocycles. The first-order valence-electron chi connectivity index (χ1n) is 8.97. The van der Waals surface area contributed by atoms with Gasteiger partial charge in [0, 0.05) is 28.3 Å². The number of benzene rings is 2. The Morgan fingerprint density at radius 3 is 2.41 bits per heavy atom. The maximum absolute atomic E-state index is 14.2. The summed E-state index contributed by atoms with van der Waals surface area (Å²) in [6, 6.07) is 11.2. The van der Waals surface area contributed by atoms with Crippen molar-refractivity contribution in [3.8, 4) is 5.75 Å². The Balaban J connectivity index is 1.73. The van der Waals surface area contributed by atoms with E-state index in [9.17, 15) is 14.0 Å². The van der Waals surface area contributed by atoms with E-state index < -0.39 is 17.6 Å². The summed E-state index contributed by atoms with van der Waals surface area (Å²) in [6.07, 6.45) is 0.0291. The van der Waals surface area contributed by atoms with Crippen molar-refractivity contribution in [1.82, 2.24) is 10.9 Å². The van der Waals surface area contributed by atoms with Gasteiger partial charge in [-0.05, 0) is 50.2 Å². The van der Waals surface area contributed by atoms with E-state index in [1.807, 2.05) is 13.8 Å². The molecule has 6 nitrogen and oxygen atoms in total. The van der Waals surface area contributed by atoms with Crippen molar-refractivity contribution >= 4 is 33.2 Å². The number of halogens is 1. The number of nitrogens with one attached hydrogen (secondary N) is 2. The van der Waals surface area contributed by atoms with Crippen LogP contribution in [0.15, 0.2) is 42.5 Å². The summed E-state index contributed by atoms with van der Waals surface area (Å²) < 4.78 is 25.5. The number of carbonyl (C=O) groups is 2. The highest BCUT2D eigenvalue weighted by molar-refractivity contribution is 7.21. The minimum atomic E-state index is -0.536. The predicted molar refractivity (Wildman–Crippen MR) is 110 cm³/mol. The number of rotatable bonds is 6. The van der Waals surface area contributed by atoms with E-state index >= 15 is 0 Å². The van der Waals surface area contributed by atoms with E-state index in [0.29, 0.717) is 27.0 Å². The molecule has 2 aromatic carbocycles. The Hall–Kier alpha value is -2.97. The van der Waals surface area contributed by atoms with Crippen molar-refractivity contribution in [2.75, 3.05) is 7.11 Å². The smallest absolute Gasteiger partial charge is 0.280 e. The number of hydrogen-bond acceptors (Lipinski definition) is 5. The van der Waals surface area contributed by atoms with E-state index in [-0.39, 0.29) is 17.6 Å². The molecular weight excluding hydrogens is 395 g/mol. The summed E-state index contributed by atoms with van der Waals surface area (Å²) >= 11 is 1.14. The van der Waals surface area contributed by atoms with Gasteiger partial charge in [0.05, 0.1) is 12.7 Å². The fraction of sp³-hybridized carbons (Fsp3) is 0.238. The highest BCUT2D eigenvalue weighted by atomic mass is 32.1. The highest BCUT2D eigenvalue weighted by Gasteiger charge is 2.21. The molecule has 0 aliphatic rings. The first kappa shape index (κ1) is 20.8. The number of thiophene rings is 1. The largest absolute Gasteiger partial charge is 0.491 e. The summed E-state index contributed by atoms with van der Waals surface area (Å²) in [6.45, 7) is 3.90. The molecule has 0 fully saturated rings. The standard InChI is InChI=1S/C21H21FN2O4S/c1-12(2)28-14-9-7-13(8-10-14)20(25)23-24-21(26)19-15(11-27-3)18-16(22)5-4-6-17(18)29-19/h4-10,12H,11H2,1-3H3,(H,23,25)(H,24,26). The highest BCUT2D eigenvalue weighted by Crippen LogP contribution is 2.33. The molecule has 2 N–H and O–H groups in total. The SMILES string of the molecule is COCc1c(C(=O)NNC(=O)c2ccc(OC(C)C)cc2)sc2cccc(F)c12. The van der Waals surface area contributed by atoms with Crippen LogP contribution in [0.5, 0.6) is 5.75 Å². The lowest BCUT2D eigenvalue weighted by Gasteiger charge is -2.11. The molecule has 0 bridgehead atoms. The number of carbonyl (C=O) groups excluding carboxylic acids is 2. The molecule has 3 rings (SSSR count). The van der Waals surface area contributed by atoms with Crippen LogP contribution in [-0.4, -0.2) is 25.0 Å². The first-order valence-corrected chi connectivity index (χ1v) is 9.78. The molecule has 0 aliphatic carbocycles. The van der Waals surface area contributed by atoms with Crippen LogP contribution in [0.3, 0.4) is 0 Å². The second-order valence-electron chi connectivity index (χ2n) is 6.55. The fourth-order valence-corrected chi connectivity index (χ4v) is 3.95. The Morgan fingerprint density at radius 2 is 1.76 bits per heavy atom. The minimum Gasteiger partial charge on any atom is -0.491 e. The number of ether oxygens (including phenoxy) is 2. The van der Waals surface area contributed by atoms with Gasteiger partial charge in [0.2, 0.25) is 0 Å². The van der Waals surface area contributed by atoms with Crippen molar-refractivity contribution in [3.63, 3.8) is 0 Å². The van der Waals surface area contributed by atoms with Gasteiger partial charge in [0.1, 0.15) is 16.4 Å². The molecule has 29 heavy (non-hydrogen) atoms. The Bertz CT molecular complexity index is 1030. The van der Waals surface area contributed by atoms with Crippen molar-refractivity contribution in [2.45, 2.75) is 26.6 Å². The molecule has 152 valence electrons.